The molecule has 20 heavy (non-hydrogen) atoms. The Morgan fingerprint density at radius 3 is 2.90 bits per heavy atom. The molecule has 1 aliphatic rings. The summed E-state index contributed by atoms with van der Waals surface area (Å²) < 4.78 is 13.3. The molecule has 0 aliphatic heterocycles. The van der Waals surface area contributed by atoms with E-state index >= 15 is 0 Å². The van der Waals surface area contributed by atoms with Gasteiger partial charge in [0.1, 0.15) is 11.6 Å². The zero-order chi connectivity index (χ0) is 14.7. The maximum absolute atomic E-state index is 13.3. The number of anilines is 1. The number of nitrogens with one attached hydrogen (secondary N) is 1. The molecule has 1 aromatic heterocycles. The maximum atomic E-state index is 13.3. The highest BCUT2D eigenvalue weighted by Gasteiger charge is 2.29. The summed E-state index contributed by atoms with van der Waals surface area (Å²) in [6.07, 6.45) is 2.30. The van der Waals surface area contributed by atoms with Crippen LogP contribution in [-0.2, 0) is 0 Å². The van der Waals surface area contributed by atoms with Crippen molar-refractivity contribution < 1.29 is 14.3 Å². The Kier molecular flexibility index (Phi) is 4.54. The third-order valence-corrected chi connectivity index (χ3v) is 3.52. The number of amides is 1. The minimum Gasteiger partial charge on any atom is -0.393 e. The van der Waals surface area contributed by atoms with Crippen LogP contribution < -0.4 is 5.32 Å². The summed E-state index contributed by atoms with van der Waals surface area (Å²) in [7, 11) is 1.69. The molecule has 1 saturated carbocycles. The van der Waals surface area contributed by atoms with Crippen LogP contribution in [0.5, 0.6) is 0 Å². The molecule has 1 heterocycles. The first-order chi connectivity index (χ1) is 9.51. The van der Waals surface area contributed by atoms with Gasteiger partial charge in [-0.05, 0) is 31.7 Å². The number of pyridine rings is 1. The zero-order valence-electron chi connectivity index (χ0n) is 11.8. The molecule has 1 fully saturated rings. The molecular formula is C14H20FN3O2. The van der Waals surface area contributed by atoms with E-state index in [2.05, 4.69) is 10.3 Å². The molecule has 0 radical (unpaired) electrons. The Hall–Kier alpha value is -1.69. The van der Waals surface area contributed by atoms with Crippen LogP contribution in [0.1, 0.15) is 30.1 Å². The average Bonchev–Trinajstić information content (AvgIpc) is 2.38. The number of aliphatic hydroxyl groups is 1. The first kappa shape index (κ1) is 14.7. The van der Waals surface area contributed by atoms with Gasteiger partial charge in [-0.2, -0.15) is 0 Å². The number of hydrogen-bond acceptors (Lipinski definition) is 4. The molecule has 6 heteroatoms. The Balaban J connectivity index is 2.08. The third-order valence-electron chi connectivity index (χ3n) is 3.52. The summed E-state index contributed by atoms with van der Waals surface area (Å²) >= 11 is 0. The van der Waals surface area contributed by atoms with Gasteiger partial charge in [0.2, 0.25) is 0 Å². The van der Waals surface area contributed by atoms with E-state index < -0.39 is 5.82 Å². The minimum absolute atomic E-state index is 0.239. The smallest absolute Gasteiger partial charge is 0.257 e. The quantitative estimate of drug-likeness (QED) is 0.858. The third kappa shape index (κ3) is 3.25. The normalized spacial score (nSPS) is 21.2. The van der Waals surface area contributed by atoms with Crippen LogP contribution in [-0.4, -0.2) is 47.1 Å². The maximum Gasteiger partial charge on any atom is 0.257 e. The van der Waals surface area contributed by atoms with E-state index in [-0.39, 0.29) is 17.6 Å². The van der Waals surface area contributed by atoms with Crippen molar-refractivity contribution >= 4 is 11.7 Å². The molecule has 110 valence electrons. The second-order valence-corrected chi connectivity index (χ2v) is 5.26. The van der Waals surface area contributed by atoms with Crippen LogP contribution in [0.25, 0.3) is 0 Å². The largest absolute Gasteiger partial charge is 0.393 e. The Morgan fingerprint density at radius 1 is 1.60 bits per heavy atom. The van der Waals surface area contributed by atoms with Crippen molar-refractivity contribution in [2.75, 3.05) is 25.5 Å². The molecule has 0 saturated heterocycles. The number of aliphatic hydroxyl groups excluding tert-OH is 1. The molecule has 0 spiro atoms. The molecule has 1 aromatic rings. The van der Waals surface area contributed by atoms with Crippen molar-refractivity contribution in [3.05, 3.63) is 23.6 Å². The van der Waals surface area contributed by atoms with E-state index in [4.69, 9.17) is 0 Å². The second kappa shape index (κ2) is 6.17. The highest BCUT2D eigenvalue weighted by atomic mass is 19.1. The summed E-state index contributed by atoms with van der Waals surface area (Å²) in [6, 6.07) is 1.21. The van der Waals surface area contributed by atoms with E-state index in [0.29, 0.717) is 24.8 Å². The fourth-order valence-electron chi connectivity index (χ4n) is 2.44. The summed E-state index contributed by atoms with van der Waals surface area (Å²) in [5.74, 6) is -0.0562. The molecular weight excluding hydrogens is 261 g/mol. The van der Waals surface area contributed by atoms with Gasteiger partial charge in [-0.3, -0.25) is 4.79 Å². The van der Waals surface area contributed by atoms with Gasteiger partial charge in [0.25, 0.3) is 5.91 Å². The first-order valence-electron chi connectivity index (χ1n) is 6.84. The molecule has 2 N–H and O–H groups in total. The van der Waals surface area contributed by atoms with Gasteiger partial charge in [-0.25, -0.2) is 9.37 Å². The van der Waals surface area contributed by atoms with Crippen LogP contribution in [0.2, 0.25) is 0 Å². The lowest BCUT2D eigenvalue weighted by Crippen LogP contribution is -2.39. The Morgan fingerprint density at radius 2 is 2.30 bits per heavy atom. The number of nitrogens with zero attached hydrogens (tertiary/aromatic N) is 2. The van der Waals surface area contributed by atoms with Gasteiger partial charge >= 0.3 is 0 Å². The van der Waals surface area contributed by atoms with Crippen molar-refractivity contribution in [1.82, 2.24) is 9.88 Å². The van der Waals surface area contributed by atoms with E-state index in [0.717, 1.165) is 19.0 Å². The van der Waals surface area contributed by atoms with Crippen molar-refractivity contribution in [1.29, 1.82) is 0 Å². The topological polar surface area (TPSA) is 65.5 Å². The minimum atomic E-state index is -0.525. The fourth-order valence-corrected chi connectivity index (χ4v) is 2.44. The average molecular weight is 281 g/mol. The SMILES string of the molecule is CCNc1ncc(F)cc1C(=O)N(C)CC1CC(O)C1. The first-order valence-corrected chi connectivity index (χ1v) is 6.84. The number of carbonyl (C=O) groups is 1. The molecule has 0 atom stereocenters. The van der Waals surface area contributed by atoms with E-state index in [1.165, 1.54) is 6.07 Å². The zero-order valence-corrected chi connectivity index (χ0v) is 11.8. The molecule has 0 unspecified atom stereocenters. The van der Waals surface area contributed by atoms with Gasteiger partial charge in [-0.15, -0.1) is 0 Å². The number of rotatable bonds is 5. The summed E-state index contributed by atoms with van der Waals surface area (Å²) in [6.45, 7) is 3.06. The highest BCUT2D eigenvalue weighted by Crippen LogP contribution is 2.28. The van der Waals surface area contributed by atoms with Gasteiger partial charge in [0.15, 0.2) is 0 Å². The van der Waals surface area contributed by atoms with Crippen molar-refractivity contribution in [2.45, 2.75) is 25.9 Å². The molecule has 2 rings (SSSR count). The molecule has 0 aromatic carbocycles. The highest BCUT2D eigenvalue weighted by molar-refractivity contribution is 5.98. The van der Waals surface area contributed by atoms with Crippen LogP contribution in [0.15, 0.2) is 12.3 Å². The van der Waals surface area contributed by atoms with Crippen molar-refractivity contribution in [3.8, 4) is 0 Å². The summed E-state index contributed by atoms with van der Waals surface area (Å²) in [5, 5.41) is 12.2. The predicted molar refractivity (Wildman–Crippen MR) is 74.1 cm³/mol. The van der Waals surface area contributed by atoms with E-state index in [1.807, 2.05) is 6.92 Å². The van der Waals surface area contributed by atoms with Crippen molar-refractivity contribution in [2.24, 2.45) is 5.92 Å². The van der Waals surface area contributed by atoms with Gasteiger partial charge in [0.05, 0.1) is 17.9 Å². The van der Waals surface area contributed by atoms with Crippen LogP contribution in [0.3, 0.4) is 0 Å². The lowest BCUT2D eigenvalue weighted by Gasteiger charge is -2.34. The standard InChI is InChI=1S/C14H20FN3O2/c1-3-16-13-12(6-10(15)7-17-13)14(20)18(2)8-9-4-11(19)5-9/h6-7,9,11,19H,3-5,8H2,1-2H3,(H,16,17). The Bertz CT molecular complexity index is 489. The molecule has 0 bridgehead atoms. The number of hydrogen-bond donors (Lipinski definition) is 2. The Labute approximate surface area is 117 Å². The molecule has 1 amide bonds. The number of halogens is 1. The molecule has 1 aliphatic carbocycles. The molecule has 5 nitrogen and oxygen atoms in total. The van der Waals surface area contributed by atoms with Gasteiger partial charge in [-0.1, -0.05) is 0 Å². The van der Waals surface area contributed by atoms with Crippen LogP contribution in [0, 0.1) is 11.7 Å². The lowest BCUT2D eigenvalue weighted by atomic mass is 9.82. The predicted octanol–water partition coefficient (Wildman–Crippen LogP) is 1.50. The second-order valence-electron chi connectivity index (χ2n) is 5.26. The van der Waals surface area contributed by atoms with E-state index in [1.54, 1.807) is 11.9 Å². The number of carbonyl (C=O) groups excluding carboxylic acids is 1. The summed E-state index contributed by atoms with van der Waals surface area (Å²) in [5.41, 5.74) is 0.245. The van der Waals surface area contributed by atoms with Crippen LogP contribution in [0.4, 0.5) is 10.2 Å². The fraction of sp³-hybridized carbons (Fsp3) is 0.571. The monoisotopic (exact) mass is 281 g/mol. The number of aromatic nitrogens is 1. The van der Waals surface area contributed by atoms with E-state index in [9.17, 15) is 14.3 Å². The van der Waals surface area contributed by atoms with Gasteiger partial charge in [0, 0.05) is 20.1 Å². The summed E-state index contributed by atoms with van der Waals surface area (Å²) in [4.78, 5) is 17.9. The van der Waals surface area contributed by atoms with Crippen molar-refractivity contribution in [3.63, 3.8) is 0 Å². The van der Waals surface area contributed by atoms with Gasteiger partial charge < -0.3 is 15.3 Å². The lowest BCUT2D eigenvalue weighted by molar-refractivity contribution is 0.0265. The van der Waals surface area contributed by atoms with Crippen LogP contribution >= 0.6 is 0 Å².